The average Bonchev–Trinajstić information content (AvgIpc) is 2.28. The summed E-state index contributed by atoms with van der Waals surface area (Å²) >= 11 is 0. The minimum absolute atomic E-state index is 0.0829. The molecule has 0 saturated carbocycles. The summed E-state index contributed by atoms with van der Waals surface area (Å²) in [6, 6.07) is 4.18. The van der Waals surface area contributed by atoms with Gasteiger partial charge in [-0.2, -0.15) is 5.26 Å². The lowest BCUT2D eigenvalue weighted by Gasteiger charge is -2.19. The Balaban J connectivity index is 2.90. The number of pyridine rings is 1. The van der Waals surface area contributed by atoms with Crippen LogP contribution < -0.4 is 5.32 Å². The molecule has 0 atom stereocenters. The third kappa shape index (κ3) is 3.83. The van der Waals surface area contributed by atoms with Gasteiger partial charge < -0.3 is 5.32 Å². The van der Waals surface area contributed by atoms with Crippen molar-refractivity contribution in [1.82, 2.24) is 10.3 Å². The Morgan fingerprint density at radius 1 is 1.41 bits per heavy atom. The highest BCUT2D eigenvalue weighted by molar-refractivity contribution is 5.39. The normalized spacial score (nSPS) is 11.2. The summed E-state index contributed by atoms with van der Waals surface area (Å²) in [7, 11) is 0. The maximum absolute atomic E-state index is 9.17. The molecule has 0 spiro atoms. The van der Waals surface area contributed by atoms with E-state index in [0.29, 0.717) is 5.56 Å². The first-order chi connectivity index (χ1) is 7.99. The van der Waals surface area contributed by atoms with Crippen molar-refractivity contribution in [3.05, 3.63) is 29.1 Å². The largest absolute Gasteiger partial charge is 0.313 e. The number of nitrogens with zero attached hydrogens (tertiary/aromatic N) is 2. The number of hydrogen-bond donors (Lipinski definition) is 1. The topological polar surface area (TPSA) is 48.7 Å². The van der Waals surface area contributed by atoms with Crippen molar-refractivity contribution in [1.29, 1.82) is 5.26 Å². The molecule has 0 saturated heterocycles. The molecular formula is C14H21N3. The highest BCUT2D eigenvalue weighted by atomic mass is 14.8. The van der Waals surface area contributed by atoms with E-state index in [2.05, 4.69) is 44.1 Å². The van der Waals surface area contributed by atoms with E-state index in [-0.39, 0.29) is 5.41 Å². The zero-order valence-electron chi connectivity index (χ0n) is 11.2. The summed E-state index contributed by atoms with van der Waals surface area (Å²) < 4.78 is 0. The van der Waals surface area contributed by atoms with Gasteiger partial charge in [-0.25, -0.2) is 0 Å². The molecular weight excluding hydrogens is 210 g/mol. The zero-order valence-corrected chi connectivity index (χ0v) is 11.2. The van der Waals surface area contributed by atoms with Crippen LogP contribution in [0, 0.1) is 11.3 Å². The first kappa shape index (κ1) is 13.7. The van der Waals surface area contributed by atoms with Crippen molar-refractivity contribution < 1.29 is 0 Å². The van der Waals surface area contributed by atoms with Crippen LogP contribution in [0.2, 0.25) is 0 Å². The standard InChI is InChI=1S/C14H21N3/c1-5-6-16-9-11-7-12(8-15)13(17-10-11)14(2,3)4/h7,10,16H,5-6,9H2,1-4H3. The number of nitrogens with one attached hydrogen (secondary N) is 1. The van der Waals surface area contributed by atoms with Crippen LogP contribution in [0.15, 0.2) is 12.3 Å². The van der Waals surface area contributed by atoms with Gasteiger partial charge in [-0.1, -0.05) is 27.7 Å². The Morgan fingerprint density at radius 2 is 2.12 bits per heavy atom. The van der Waals surface area contributed by atoms with Gasteiger partial charge in [-0.15, -0.1) is 0 Å². The fourth-order valence-corrected chi connectivity index (χ4v) is 1.70. The highest BCUT2D eigenvalue weighted by Gasteiger charge is 2.19. The molecule has 1 aromatic heterocycles. The van der Waals surface area contributed by atoms with Crippen LogP contribution in [0.25, 0.3) is 0 Å². The van der Waals surface area contributed by atoms with Crippen molar-refractivity contribution in [3.63, 3.8) is 0 Å². The summed E-state index contributed by atoms with van der Waals surface area (Å²) in [5.74, 6) is 0. The molecule has 0 amide bonds. The summed E-state index contributed by atoms with van der Waals surface area (Å²) in [5.41, 5.74) is 2.55. The van der Waals surface area contributed by atoms with Crippen molar-refractivity contribution in [2.75, 3.05) is 6.54 Å². The van der Waals surface area contributed by atoms with Gasteiger partial charge >= 0.3 is 0 Å². The Hall–Kier alpha value is -1.40. The molecule has 92 valence electrons. The number of rotatable bonds is 4. The smallest absolute Gasteiger partial charge is 0.101 e. The van der Waals surface area contributed by atoms with E-state index in [4.69, 9.17) is 5.26 Å². The second-order valence-corrected chi connectivity index (χ2v) is 5.28. The molecule has 0 unspecified atom stereocenters. The first-order valence-corrected chi connectivity index (χ1v) is 6.09. The molecule has 1 N–H and O–H groups in total. The van der Waals surface area contributed by atoms with E-state index in [9.17, 15) is 0 Å². The van der Waals surface area contributed by atoms with Gasteiger partial charge in [0.2, 0.25) is 0 Å². The van der Waals surface area contributed by atoms with E-state index in [1.54, 1.807) is 0 Å². The Kier molecular flexibility index (Phi) is 4.65. The molecule has 0 radical (unpaired) electrons. The monoisotopic (exact) mass is 231 g/mol. The molecule has 1 heterocycles. The third-order valence-electron chi connectivity index (χ3n) is 2.53. The van der Waals surface area contributed by atoms with Crippen molar-refractivity contribution in [3.8, 4) is 6.07 Å². The van der Waals surface area contributed by atoms with Crippen LogP contribution in [0.4, 0.5) is 0 Å². The Labute approximate surface area is 104 Å². The van der Waals surface area contributed by atoms with E-state index in [1.165, 1.54) is 0 Å². The quantitative estimate of drug-likeness (QED) is 0.811. The number of nitriles is 1. The predicted octanol–water partition coefficient (Wildman–Crippen LogP) is 2.75. The van der Waals surface area contributed by atoms with Gasteiger partial charge in [0.25, 0.3) is 0 Å². The minimum Gasteiger partial charge on any atom is -0.313 e. The lowest BCUT2D eigenvalue weighted by molar-refractivity contribution is 0.565. The van der Waals surface area contributed by atoms with E-state index < -0.39 is 0 Å². The third-order valence-corrected chi connectivity index (χ3v) is 2.53. The zero-order chi connectivity index (χ0) is 12.9. The molecule has 0 aliphatic rings. The van der Waals surface area contributed by atoms with Crippen molar-refractivity contribution in [2.45, 2.75) is 46.1 Å². The van der Waals surface area contributed by atoms with Crippen LogP contribution >= 0.6 is 0 Å². The molecule has 1 rings (SSSR count). The van der Waals surface area contributed by atoms with Crippen LogP contribution in [0.5, 0.6) is 0 Å². The lowest BCUT2D eigenvalue weighted by Crippen LogP contribution is -2.18. The van der Waals surface area contributed by atoms with Crippen molar-refractivity contribution in [2.24, 2.45) is 0 Å². The molecule has 0 aliphatic heterocycles. The maximum atomic E-state index is 9.17. The van der Waals surface area contributed by atoms with Crippen LogP contribution in [-0.4, -0.2) is 11.5 Å². The second-order valence-electron chi connectivity index (χ2n) is 5.28. The van der Waals surface area contributed by atoms with Crippen LogP contribution in [-0.2, 0) is 12.0 Å². The molecule has 0 bridgehead atoms. The fourth-order valence-electron chi connectivity index (χ4n) is 1.70. The number of hydrogen-bond acceptors (Lipinski definition) is 3. The maximum Gasteiger partial charge on any atom is 0.101 e. The molecule has 3 heteroatoms. The van der Waals surface area contributed by atoms with E-state index in [1.807, 2.05) is 12.3 Å². The van der Waals surface area contributed by atoms with Gasteiger partial charge in [0.15, 0.2) is 0 Å². The predicted molar refractivity (Wildman–Crippen MR) is 69.6 cm³/mol. The second kappa shape index (κ2) is 5.79. The van der Waals surface area contributed by atoms with E-state index in [0.717, 1.165) is 30.8 Å². The molecule has 3 nitrogen and oxygen atoms in total. The van der Waals surface area contributed by atoms with Gasteiger partial charge in [-0.05, 0) is 24.6 Å². The summed E-state index contributed by atoms with van der Waals surface area (Å²) in [6.45, 7) is 10.1. The highest BCUT2D eigenvalue weighted by Crippen LogP contribution is 2.23. The van der Waals surface area contributed by atoms with Crippen LogP contribution in [0.1, 0.15) is 50.9 Å². The summed E-state index contributed by atoms with van der Waals surface area (Å²) in [4.78, 5) is 4.44. The van der Waals surface area contributed by atoms with Gasteiger partial charge in [0.05, 0.1) is 11.3 Å². The fraction of sp³-hybridized carbons (Fsp3) is 0.571. The van der Waals surface area contributed by atoms with Gasteiger partial charge in [0, 0.05) is 18.2 Å². The molecule has 1 aromatic rings. The number of aromatic nitrogens is 1. The van der Waals surface area contributed by atoms with Crippen molar-refractivity contribution >= 4 is 0 Å². The molecule has 17 heavy (non-hydrogen) atoms. The minimum atomic E-state index is -0.0829. The van der Waals surface area contributed by atoms with E-state index >= 15 is 0 Å². The SMILES string of the molecule is CCCNCc1cnc(C(C)(C)C)c(C#N)c1. The molecule has 0 aromatic carbocycles. The first-order valence-electron chi connectivity index (χ1n) is 6.09. The Morgan fingerprint density at radius 3 is 2.65 bits per heavy atom. The molecule has 0 aliphatic carbocycles. The van der Waals surface area contributed by atoms with Crippen LogP contribution in [0.3, 0.4) is 0 Å². The van der Waals surface area contributed by atoms with Gasteiger partial charge in [0.1, 0.15) is 6.07 Å². The Bertz CT molecular complexity index is 410. The average molecular weight is 231 g/mol. The lowest BCUT2D eigenvalue weighted by atomic mass is 9.88. The molecule has 0 fully saturated rings. The summed E-state index contributed by atoms with van der Waals surface area (Å²) in [6.07, 6.45) is 2.97. The summed E-state index contributed by atoms with van der Waals surface area (Å²) in [5, 5.41) is 12.5. The van der Waals surface area contributed by atoms with Gasteiger partial charge in [-0.3, -0.25) is 4.98 Å².